The lowest BCUT2D eigenvalue weighted by Crippen LogP contribution is -2.15. The first-order chi connectivity index (χ1) is 9.85. The molecule has 1 heterocycles. The fourth-order valence-corrected chi connectivity index (χ4v) is 3.97. The van der Waals surface area contributed by atoms with Crippen molar-refractivity contribution in [2.45, 2.75) is 4.90 Å². The van der Waals surface area contributed by atoms with Gasteiger partial charge in [0.1, 0.15) is 15.6 Å². The van der Waals surface area contributed by atoms with Gasteiger partial charge in [-0.25, -0.2) is 17.6 Å². The Hall–Kier alpha value is -1.64. The van der Waals surface area contributed by atoms with Crippen molar-refractivity contribution in [2.24, 2.45) is 0 Å². The zero-order chi connectivity index (χ0) is 15.6. The van der Waals surface area contributed by atoms with E-state index in [0.29, 0.717) is 0 Å². The number of carbonyl (C=O) groups excluding carboxylic acids is 1. The van der Waals surface area contributed by atoms with E-state index in [-0.39, 0.29) is 20.5 Å². The predicted octanol–water partition coefficient (Wildman–Crippen LogP) is 3.13. The van der Waals surface area contributed by atoms with Crippen molar-refractivity contribution < 1.29 is 22.3 Å². The van der Waals surface area contributed by atoms with Crippen molar-refractivity contribution in [1.29, 1.82) is 0 Å². The van der Waals surface area contributed by atoms with Gasteiger partial charge in [-0.3, -0.25) is 4.72 Å². The Morgan fingerprint density at radius 1 is 1.38 bits per heavy atom. The van der Waals surface area contributed by atoms with E-state index >= 15 is 0 Å². The Morgan fingerprint density at radius 2 is 2.10 bits per heavy atom. The summed E-state index contributed by atoms with van der Waals surface area (Å²) in [4.78, 5) is 11.3. The number of methoxy groups -OCH3 is 1. The third-order valence-electron chi connectivity index (χ3n) is 2.46. The monoisotopic (exact) mass is 349 g/mol. The maximum absolute atomic E-state index is 13.0. The van der Waals surface area contributed by atoms with Crippen molar-refractivity contribution in [1.82, 2.24) is 0 Å². The molecule has 0 radical (unpaired) electrons. The molecule has 5 nitrogen and oxygen atoms in total. The van der Waals surface area contributed by atoms with E-state index in [2.05, 4.69) is 9.46 Å². The highest BCUT2D eigenvalue weighted by atomic mass is 35.5. The van der Waals surface area contributed by atoms with Crippen LogP contribution >= 0.6 is 22.9 Å². The van der Waals surface area contributed by atoms with Gasteiger partial charge in [0.15, 0.2) is 0 Å². The van der Waals surface area contributed by atoms with Gasteiger partial charge in [0, 0.05) is 0 Å². The maximum atomic E-state index is 13.0. The molecule has 0 bridgehead atoms. The van der Waals surface area contributed by atoms with Crippen molar-refractivity contribution in [3.8, 4) is 0 Å². The van der Waals surface area contributed by atoms with Crippen molar-refractivity contribution in [3.05, 3.63) is 45.4 Å². The highest BCUT2D eigenvalue weighted by Gasteiger charge is 2.22. The summed E-state index contributed by atoms with van der Waals surface area (Å²) < 4.78 is 44.2. The highest BCUT2D eigenvalue weighted by Crippen LogP contribution is 2.28. The lowest BCUT2D eigenvalue weighted by molar-refractivity contribution is 0.0607. The van der Waals surface area contributed by atoms with Gasteiger partial charge in [-0.05, 0) is 29.6 Å². The van der Waals surface area contributed by atoms with Crippen LogP contribution in [0.5, 0.6) is 0 Å². The van der Waals surface area contributed by atoms with Crippen LogP contribution in [0.4, 0.5) is 10.1 Å². The Labute approximate surface area is 129 Å². The Morgan fingerprint density at radius 3 is 2.71 bits per heavy atom. The van der Waals surface area contributed by atoms with Crippen molar-refractivity contribution >= 4 is 44.6 Å². The molecule has 112 valence electrons. The van der Waals surface area contributed by atoms with Crippen LogP contribution in [0.2, 0.25) is 5.02 Å². The van der Waals surface area contributed by atoms with E-state index in [1.54, 1.807) is 0 Å². The van der Waals surface area contributed by atoms with E-state index in [1.165, 1.54) is 18.6 Å². The molecule has 0 aliphatic rings. The van der Waals surface area contributed by atoms with Crippen LogP contribution in [-0.4, -0.2) is 21.5 Å². The molecule has 1 aromatic carbocycles. The summed E-state index contributed by atoms with van der Waals surface area (Å²) in [6, 6.07) is 4.34. The molecule has 0 spiro atoms. The topological polar surface area (TPSA) is 72.5 Å². The first-order valence-corrected chi connectivity index (χ1v) is 8.23. The summed E-state index contributed by atoms with van der Waals surface area (Å²) in [7, 11) is -2.85. The largest absolute Gasteiger partial charge is 0.465 e. The fraction of sp³-hybridized carbons (Fsp3) is 0.0833. The summed E-state index contributed by atoms with van der Waals surface area (Å²) in [6.45, 7) is 0. The van der Waals surface area contributed by atoms with Gasteiger partial charge in [-0.15, -0.1) is 11.3 Å². The van der Waals surface area contributed by atoms with E-state index in [1.807, 2.05) is 0 Å². The second kappa shape index (κ2) is 6.00. The molecule has 1 N–H and O–H groups in total. The maximum Gasteiger partial charge on any atom is 0.350 e. The SMILES string of the molecule is COC(=O)c1sccc1NS(=O)(=O)c1ccc(F)cc1Cl. The van der Waals surface area contributed by atoms with Gasteiger partial charge in [-0.2, -0.15) is 0 Å². The van der Waals surface area contributed by atoms with Gasteiger partial charge in [0.05, 0.1) is 17.8 Å². The quantitative estimate of drug-likeness (QED) is 0.861. The van der Waals surface area contributed by atoms with Crippen LogP contribution in [0.25, 0.3) is 0 Å². The number of sulfonamides is 1. The molecule has 9 heteroatoms. The van der Waals surface area contributed by atoms with E-state index < -0.39 is 21.8 Å². The number of nitrogens with one attached hydrogen (secondary N) is 1. The molecule has 2 rings (SSSR count). The number of halogens is 2. The molecule has 1 aromatic heterocycles. The third kappa shape index (κ3) is 3.34. The minimum absolute atomic E-state index is 0.0761. The number of anilines is 1. The molecule has 0 saturated carbocycles. The summed E-state index contributed by atoms with van der Waals surface area (Å²) in [5.41, 5.74) is 0.0761. The van der Waals surface area contributed by atoms with E-state index in [4.69, 9.17) is 11.6 Å². The number of benzene rings is 1. The van der Waals surface area contributed by atoms with Gasteiger partial charge in [0.25, 0.3) is 10.0 Å². The summed E-state index contributed by atoms with van der Waals surface area (Å²) in [5.74, 6) is -1.31. The van der Waals surface area contributed by atoms with Crippen LogP contribution in [0.15, 0.2) is 34.5 Å². The lowest BCUT2D eigenvalue weighted by atomic mass is 10.3. The number of rotatable bonds is 4. The number of carbonyl (C=O) groups is 1. The molecule has 0 saturated heterocycles. The minimum Gasteiger partial charge on any atom is -0.465 e. The van der Waals surface area contributed by atoms with Crippen molar-refractivity contribution in [2.75, 3.05) is 11.8 Å². The number of hydrogen-bond donors (Lipinski definition) is 1. The van der Waals surface area contributed by atoms with Gasteiger partial charge in [-0.1, -0.05) is 11.6 Å². The van der Waals surface area contributed by atoms with E-state index in [0.717, 1.165) is 29.5 Å². The Bertz CT molecular complexity index is 788. The number of esters is 1. The smallest absolute Gasteiger partial charge is 0.350 e. The summed E-state index contributed by atoms with van der Waals surface area (Å²) in [5, 5.41) is 1.29. The lowest BCUT2D eigenvalue weighted by Gasteiger charge is -2.09. The van der Waals surface area contributed by atoms with Crippen LogP contribution in [0, 0.1) is 5.82 Å². The molecule has 0 aliphatic carbocycles. The zero-order valence-corrected chi connectivity index (χ0v) is 13.0. The molecule has 0 aliphatic heterocycles. The Balaban J connectivity index is 2.38. The average molecular weight is 350 g/mol. The third-order valence-corrected chi connectivity index (χ3v) is 5.21. The molecule has 0 unspecified atom stereocenters. The second-order valence-electron chi connectivity index (χ2n) is 3.84. The first-order valence-electron chi connectivity index (χ1n) is 5.49. The second-order valence-corrected chi connectivity index (χ2v) is 6.81. The van der Waals surface area contributed by atoms with E-state index in [9.17, 15) is 17.6 Å². The van der Waals surface area contributed by atoms with Gasteiger partial charge in [0.2, 0.25) is 0 Å². The fourth-order valence-electron chi connectivity index (χ4n) is 1.53. The molecule has 0 fully saturated rings. The highest BCUT2D eigenvalue weighted by molar-refractivity contribution is 7.92. The average Bonchev–Trinajstić information content (AvgIpc) is 2.84. The predicted molar refractivity (Wildman–Crippen MR) is 77.9 cm³/mol. The van der Waals surface area contributed by atoms with Crippen LogP contribution < -0.4 is 4.72 Å². The van der Waals surface area contributed by atoms with Crippen molar-refractivity contribution in [3.63, 3.8) is 0 Å². The summed E-state index contributed by atoms with van der Waals surface area (Å²) >= 11 is 6.77. The molecule has 0 atom stereocenters. The van der Waals surface area contributed by atoms with Gasteiger partial charge >= 0.3 is 5.97 Å². The molecule has 21 heavy (non-hydrogen) atoms. The molecule has 0 amide bonds. The molecule has 2 aromatic rings. The van der Waals surface area contributed by atoms with Gasteiger partial charge < -0.3 is 4.74 Å². The molecular weight excluding hydrogens is 341 g/mol. The Kier molecular flexibility index (Phi) is 4.50. The van der Waals surface area contributed by atoms with Crippen LogP contribution in [0.1, 0.15) is 9.67 Å². The zero-order valence-electron chi connectivity index (χ0n) is 10.6. The number of ether oxygens (including phenoxy) is 1. The standard InChI is InChI=1S/C12H9ClFNO4S2/c1-19-12(16)11-9(4-5-20-11)15-21(17,18)10-3-2-7(14)6-8(10)13/h2-6,15H,1H3. The number of hydrogen-bond acceptors (Lipinski definition) is 5. The van der Waals surface area contributed by atoms with Crippen LogP contribution in [0.3, 0.4) is 0 Å². The normalized spacial score (nSPS) is 11.2. The summed E-state index contributed by atoms with van der Waals surface area (Å²) in [6.07, 6.45) is 0. The van der Waals surface area contributed by atoms with Crippen LogP contribution in [-0.2, 0) is 14.8 Å². The minimum atomic E-state index is -4.04. The molecular formula is C12H9ClFNO4S2. The first kappa shape index (κ1) is 15.7. The number of thiophene rings is 1.